The summed E-state index contributed by atoms with van der Waals surface area (Å²) >= 11 is 0. The number of pyridine rings is 1. The minimum absolute atomic E-state index is 0.00951. The summed E-state index contributed by atoms with van der Waals surface area (Å²) in [6, 6.07) is 6.23. The number of hydrogen-bond acceptors (Lipinski definition) is 6. The molecule has 1 aliphatic rings. The summed E-state index contributed by atoms with van der Waals surface area (Å²) in [6.45, 7) is 2.23. The van der Waals surface area contributed by atoms with Crippen LogP contribution in [0.15, 0.2) is 28.0 Å². The molecule has 1 fully saturated rings. The van der Waals surface area contributed by atoms with Crippen LogP contribution >= 0.6 is 0 Å². The Morgan fingerprint density at radius 1 is 1.10 bits per heavy atom. The fourth-order valence-electron chi connectivity index (χ4n) is 4.76. The molecule has 3 aromatic heterocycles. The summed E-state index contributed by atoms with van der Waals surface area (Å²) in [5.74, 6) is 0.465. The lowest BCUT2D eigenvalue weighted by Crippen LogP contribution is -2.37. The van der Waals surface area contributed by atoms with Crippen LogP contribution in [-0.2, 0) is 0 Å². The van der Waals surface area contributed by atoms with Crippen LogP contribution in [0.5, 0.6) is 0 Å². The van der Waals surface area contributed by atoms with E-state index in [1.54, 1.807) is 10.8 Å². The predicted octanol–water partition coefficient (Wildman–Crippen LogP) is 2.43. The molecule has 9 heteroatoms. The van der Waals surface area contributed by atoms with Crippen LogP contribution in [0.3, 0.4) is 0 Å². The van der Waals surface area contributed by atoms with Crippen LogP contribution < -0.4 is 11.2 Å². The van der Waals surface area contributed by atoms with Crippen LogP contribution in [-0.4, -0.2) is 44.1 Å². The minimum Gasteiger partial charge on any atom is -0.346 e. The van der Waals surface area contributed by atoms with Crippen molar-refractivity contribution in [3.63, 3.8) is 0 Å². The monoisotopic (exact) mass is 419 g/mol. The van der Waals surface area contributed by atoms with Gasteiger partial charge in [0.05, 0.1) is 23.0 Å². The number of aromatic amines is 2. The zero-order valence-electron chi connectivity index (χ0n) is 17.3. The summed E-state index contributed by atoms with van der Waals surface area (Å²) < 4.78 is 1.74. The molecule has 0 bridgehead atoms. The van der Waals surface area contributed by atoms with Gasteiger partial charge in [-0.15, -0.1) is 0 Å². The van der Waals surface area contributed by atoms with Crippen molar-refractivity contribution in [2.75, 3.05) is 19.6 Å². The number of aromatic nitrogens is 4. The van der Waals surface area contributed by atoms with Crippen molar-refractivity contribution in [2.24, 2.45) is 5.92 Å². The van der Waals surface area contributed by atoms with Gasteiger partial charge in [-0.1, -0.05) is 0 Å². The van der Waals surface area contributed by atoms with E-state index in [0.717, 1.165) is 37.6 Å². The van der Waals surface area contributed by atoms with Gasteiger partial charge in [0.25, 0.3) is 5.56 Å². The van der Waals surface area contributed by atoms with Crippen molar-refractivity contribution < 1.29 is 0 Å². The van der Waals surface area contributed by atoms with E-state index >= 15 is 0 Å². The number of H-pyrrole nitrogens is 2. The van der Waals surface area contributed by atoms with Gasteiger partial charge in [-0.25, -0.2) is 9.78 Å². The maximum Gasteiger partial charge on any atom is 0.329 e. The van der Waals surface area contributed by atoms with Crippen LogP contribution in [0.25, 0.3) is 21.9 Å². The van der Waals surface area contributed by atoms with Gasteiger partial charge in [0.15, 0.2) is 0 Å². The van der Waals surface area contributed by atoms with E-state index in [1.165, 1.54) is 6.20 Å². The van der Waals surface area contributed by atoms with Gasteiger partial charge in [0.2, 0.25) is 0 Å². The third-order valence-corrected chi connectivity index (χ3v) is 6.26. The van der Waals surface area contributed by atoms with E-state index in [1.807, 2.05) is 6.07 Å². The lowest BCUT2D eigenvalue weighted by Gasteiger charge is -2.33. The predicted molar refractivity (Wildman–Crippen MR) is 116 cm³/mol. The number of rotatable bonds is 7. The van der Waals surface area contributed by atoms with Crippen molar-refractivity contribution in [3.8, 4) is 12.1 Å². The first kappa shape index (κ1) is 20.8. The lowest BCUT2D eigenvalue weighted by atomic mass is 9.85. The van der Waals surface area contributed by atoms with Crippen LogP contribution in [0.4, 0.5) is 0 Å². The summed E-state index contributed by atoms with van der Waals surface area (Å²) in [5.41, 5.74) is 0.518. The number of nitrogens with zero attached hydrogens (tertiary/aromatic N) is 5. The van der Waals surface area contributed by atoms with Crippen molar-refractivity contribution in [2.45, 2.75) is 44.6 Å². The second-order valence-corrected chi connectivity index (χ2v) is 8.18. The number of nitriles is 2. The highest BCUT2D eigenvalue weighted by Gasteiger charge is 2.27. The zero-order valence-corrected chi connectivity index (χ0v) is 17.3. The Morgan fingerprint density at radius 2 is 1.81 bits per heavy atom. The Labute approximate surface area is 178 Å². The van der Waals surface area contributed by atoms with Gasteiger partial charge < -0.3 is 9.88 Å². The maximum atomic E-state index is 12.8. The molecule has 3 heterocycles. The highest BCUT2D eigenvalue weighted by atomic mass is 16.2. The minimum atomic E-state index is -0.411. The van der Waals surface area contributed by atoms with Crippen molar-refractivity contribution in [1.82, 2.24) is 24.4 Å². The average Bonchev–Trinajstić information content (AvgIpc) is 3.26. The van der Waals surface area contributed by atoms with E-state index < -0.39 is 5.56 Å². The molecule has 0 amide bonds. The largest absolute Gasteiger partial charge is 0.346 e. The van der Waals surface area contributed by atoms with E-state index in [2.05, 4.69) is 32.0 Å². The molecule has 0 saturated heterocycles. The van der Waals surface area contributed by atoms with Gasteiger partial charge in [0.1, 0.15) is 5.65 Å². The molecule has 3 aromatic rings. The Bertz CT molecular complexity index is 1250. The van der Waals surface area contributed by atoms with E-state index in [-0.39, 0.29) is 11.7 Å². The summed E-state index contributed by atoms with van der Waals surface area (Å²) in [6.07, 6.45) is 7.79. The molecule has 0 unspecified atom stereocenters. The molecule has 1 saturated carbocycles. The third-order valence-electron chi connectivity index (χ3n) is 6.26. The molecular weight excluding hydrogens is 394 g/mol. The second-order valence-electron chi connectivity index (χ2n) is 8.18. The van der Waals surface area contributed by atoms with Crippen molar-refractivity contribution in [1.29, 1.82) is 10.5 Å². The fourth-order valence-corrected chi connectivity index (χ4v) is 4.76. The Balaban J connectivity index is 1.56. The molecule has 31 heavy (non-hydrogen) atoms. The van der Waals surface area contributed by atoms with Gasteiger partial charge >= 0.3 is 5.69 Å². The smallest absolute Gasteiger partial charge is 0.329 e. The van der Waals surface area contributed by atoms with Crippen molar-refractivity contribution >= 4 is 21.9 Å². The molecule has 0 aliphatic heterocycles. The van der Waals surface area contributed by atoms with Crippen molar-refractivity contribution in [3.05, 3.63) is 39.3 Å². The first-order valence-electron chi connectivity index (χ1n) is 10.7. The molecule has 9 nitrogen and oxygen atoms in total. The fraction of sp³-hybridized carbons (Fsp3) is 0.500. The van der Waals surface area contributed by atoms with E-state index in [9.17, 15) is 9.59 Å². The number of hydrogen-bond donors (Lipinski definition) is 2. The summed E-state index contributed by atoms with van der Waals surface area (Å²) in [4.78, 5) is 37.2. The third kappa shape index (κ3) is 4.23. The highest BCUT2D eigenvalue weighted by molar-refractivity contribution is 6.01. The van der Waals surface area contributed by atoms with Gasteiger partial charge in [-0.3, -0.25) is 14.3 Å². The Hall–Kier alpha value is -3.43. The van der Waals surface area contributed by atoms with Gasteiger partial charge in [0, 0.05) is 56.3 Å². The SMILES string of the molecule is N#CCCN(CCC#N)C[C@H]1CC[C@H](n2c(=O)[nH]c(=O)c3cnc4[nH]ccc4c32)CC1. The second kappa shape index (κ2) is 9.15. The summed E-state index contributed by atoms with van der Waals surface area (Å²) in [5, 5.41) is 19.0. The Morgan fingerprint density at radius 3 is 2.48 bits per heavy atom. The normalized spacial score (nSPS) is 18.9. The molecule has 4 rings (SSSR count). The molecule has 0 radical (unpaired) electrons. The number of nitrogens with one attached hydrogen (secondary N) is 2. The Kier molecular flexibility index (Phi) is 6.15. The van der Waals surface area contributed by atoms with E-state index in [0.29, 0.717) is 48.4 Å². The van der Waals surface area contributed by atoms with Gasteiger partial charge in [-0.05, 0) is 37.7 Å². The van der Waals surface area contributed by atoms with Crippen LogP contribution in [0.2, 0.25) is 0 Å². The maximum absolute atomic E-state index is 12.8. The first-order valence-corrected chi connectivity index (χ1v) is 10.7. The summed E-state index contributed by atoms with van der Waals surface area (Å²) in [7, 11) is 0. The molecular formula is C22H25N7O2. The van der Waals surface area contributed by atoms with Gasteiger partial charge in [-0.2, -0.15) is 10.5 Å². The lowest BCUT2D eigenvalue weighted by molar-refractivity contribution is 0.185. The molecule has 0 atom stereocenters. The standard InChI is InChI=1S/C22H25N7O2/c23-8-1-11-28(12-2-9-24)14-15-3-5-16(6-4-15)29-19-17-7-10-25-20(17)26-13-18(19)21(30)27-22(29)31/h7,10,13,15-16H,1-6,11-12,14H2,(H,25,26)(H,27,30,31)/t15-,16-. The molecule has 0 spiro atoms. The molecule has 160 valence electrons. The molecule has 1 aliphatic carbocycles. The molecule has 0 aromatic carbocycles. The first-order chi connectivity index (χ1) is 15.1. The zero-order chi connectivity index (χ0) is 21.8. The highest BCUT2D eigenvalue weighted by Crippen LogP contribution is 2.34. The average molecular weight is 419 g/mol. The topological polar surface area (TPSA) is 134 Å². The van der Waals surface area contributed by atoms with Crippen LogP contribution in [0, 0.1) is 28.6 Å². The molecule has 2 N–H and O–H groups in total. The van der Waals surface area contributed by atoms with E-state index in [4.69, 9.17) is 10.5 Å². The number of fused-ring (bicyclic) bond motifs is 3. The quantitative estimate of drug-likeness (QED) is 0.604. The van der Waals surface area contributed by atoms with Crippen LogP contribution in [0.1, 0.15) is 44.6 Å².